The Morgan fingerprint density at radius 1 is 1.08 bits per heavy atom. The lowest BCUT2D eigenvalue weighted by Crippen LogP contribution is -2.63. The fraction of sp³-hybridized carbons (Fsp3) is 1.00. The smallest absolute Gasteiger partial charge is 0.187 e. The van der Waals surface area contributed by atoms with Crippen molar-refractivity contribution in [1.82, 2.24) is 0 Å². The van der Waals surface area contributed by atoms with Crippen molar-refractivity contribution >= 4 is 0 Å². The molecule has 1 saturated heterocycles. The first kappa shape index (κ1) is 20.0. The number of hydrogen-bond acceptors (Lipinski definition) is 8. The standard InChI is InChI=1S/C16H30O8/c1-7(2)8-4-5-16(3,22)14(10(8)18)24-15-13(21)12(20)11(19)9(6-17)23-15/h7-15,17-22H,4-6H2,1-3H3/t8?,9-,10?,11-,12+,13-,14?,15+,16?/m1/s1. The van der Waals surface area contributed by atoms with Crippen LogP contribution in [-0.4, -0.2) is 85.8 Å². The SMILES string of the molecule is CC(C)C1CCC(C)(O)C(O[C@@H]2O[C@H](CO)[C@@H](O)[C@H](O)[C@H]2O)C1O. The van der Waals surface area contributed by atoms with E-state index in [1.54, 1.807) is 6.92 Å². The summed E-state index contributed by atoms with van der Waals surface area (Å²) in [5.74, 6) is 0.0945. The average molecular weight is 350 g/mol. The molecule has 6 N–H and O–H groups in total. The zero-order chi connectivity index (χ0) is 18.2. The Bertz CT molecular complexity index is 413. The van der Waals surface area contributed by atoms with E-state index < -0.39 is 55.1 Å². The molecule has 0 bridgehead atoms. The van der Waals surface area contributed by atoms with Crippen LogP contribution in [0.2, 0.25) is 0 Å². The molecular weight excluding hydrogens is 320 g/mol. The minimum absolute atomic E-state index is 0.0832. The van der Waals surface area contributed by atoms with Gasteiger partial charge in [0.2, 0.25) is 0 Å². The van der Waals surface area contributed by atoms with Gasteiger partial charge in [0.1, 0.15) is 30.5 Å². The normalized spacial score (nSPS) is 50.2. The summed E-state index contributed by atoms with van der Waals surface area (Å²) < 4.78 is 11.0. The molecular formula is C16H30O8. The van der Waals surface area contributed by atoms with Crippen LogP contribution in [0.4, 0.5) is 0 Å². The molecule has 2 fully saturated rings. The maximum absolute atomic E-state index is 10.6. The number of rotatable bonds is 4. The highest BCUT2D eigenvalue weighted by Gasteiger charge is 2.51. The van der Waals surface area contributed by atoms with Crippen molar-refractivity contribution in [2.24, 2.45) is 11.8 Å². The van der Waals surface area contributed by atoms with Gasteiger partial charge >= 0.3 is 0 Å². The quantitative estimate of drug-likeness (QED) is 0.354. The Morgan fingerprint density at radius 3 is 2.25 bits per heavy atom. The van der Waals surface area contributed by atoms with E-state index in [4.69, 9.17) is 9.47 Å². The number of aliphatic hydroxyl groups excluding tert-OH is 5. The topological polar surface area (TPSA) is 140 Å². The van der Waals surface area contributed by atoms with E-state index in [9.17, 15) is 30.6 Å². The molecule has 9 atom stereocenters. The van der Waals surface area contributed by atoms with Crippen molar-refractivity contribution in [1.29, 1.82) is 0 Å². The van der Waals surface area contributed by atoms with Gasteiger partial charge in [-0.05, 0) is 31.6 Å². The molecule has 24 heavy (non-hydrogen) atoms. The fourth-order valence-corrected chi connectivity index (χ4v) is 3.64. The van der Waals surface area contributed by atoms with Crippen molar-refractivity contribution in [3.05, 3.63) is 0 Å². The number of ether oxygens (including phenoxy) is 2. The first-order valence-electron chi connectivity index (χ1n) is 8.46. The molecule has 1 aliphatic carbocycles. The third-order valence-corrected chi connectivity index (χ3v) is 5.33. The van der Waals surface area contributed by atoms with E-state index in [0.29, 0.717) is 12.8 Å². The Hall–Kier alpha value is -0.320. The zero-order valence-corrected chi connectivity index (χ0v) is 14.3. The van der Waals surface area contributed by atoms with Crippen LogP contribution in [0.15, 0.2) is 0 Å². The maximum Gasteiger partial charge on any atom is 0.187 e. The molecule has 0 spiro atoms. The van der Waals surface area contributed by atoms with Crippen molar-refractivity contribution in [3.63, 3.8) is 0 Å². The van der Waals surface area contributed by atoms with Crippen LogP contribution in [0, 0.1) is 11.8 Å². The fourth-order valence-electron chi connectivity index (χ4n) is 3.64. The third-order valence-electron chi connectivity index (χ3n) is 5.33. The van der Waals surface area contributed by atoms with Gasteiger partial charge in [0.25, 0.3) is 0 Å². The summed E-state index contributed by atoms with van der Waals surface area (Å²) in [4.78, 5) is 0. The summed E-state index contributed by atoms with van der Waals surface area (Å²) in [7, 11) is 0. The second-order valence-corrected chi connectivity index (χ2v) is 7.55. The molecule has 0 radical (unpaired) electrons. The molecule has 142 valence electrons. The lowest BCUT2D eigenvalue weighted by atomic mass is 9.71. The van der Waals surface area contributed by atoms with Crippen LogP contribution < -0.4 is 0 Å². The van der Waals surface area contributed by atoms with E-state index >= 15 is 0 Å². The summed E-state index contributed by atoms with van der Waals surface area (Å²) in [6.45, 7) is 4.92. The minimum Gasteiger partial charge on any atom is -0.394 e. The molecule has 0 aromatic rings. The molecule has 0 aromatic carbocycles. The maximum atomic E-state index is 10.6. The Labute approximate surface area is 141 Å². The van der Waals surface area contributed by atoms with Gasteiger partial charge in [-0.2, -0.15) is 0 Å². The van der Waals surface area contributed by atoms with Gasteiger partial charge in [0, 0.05) is 0 Å². The summed E-state index contributed by atoms with van der Waals surface area (Å²) in [5, 5.41) is 60.1. The zero-order valence-electron chi connectivity index (χ0n) is 14.3. The second kappa shape index (κ2) is 7.51. The minimum atomic E-state index is -1.56. The number of aliphatic hydroxyl groups is 6. The molecule has 1 saturated carbocycles. The summed E-state index contributed by atoms with van der Waals surface area (Å²) in [6.07, 6.45) is -8.03. The highest BCUT2D eigenvalue weighted by molar-refractivity contribution is 4.99. The molecule has 4 unspecified atom stereocenters. The molecule has 8 heteroatoms. The van der Waals surface area contributed by atoms with Crippen LogP contribution >= 0.6 is 0 Å². The molecule has 0 aromatic heterocycles. The van der Waals surface area contributed by atoms with E-state index in [1.165, 1.54) is 0 Å². The Kier molecular flexibility index (Phi) is 6.26. The predicted octanol–water partition coefficient (Wildman–Crippen LogP) is -1.65. The van der Waals surface area contributed by atoms with Crippen LogP contribution in [-0.2, 0) is 9.47 Å². The van der Waals surface area contributed by atoms with E-state index in [-0.39, 0.29) is 11.8 Å². The predicted molar refractivity (Wildman–Crippen MR) is 82.8 cm³/mol. The van der Waals surface area contributed by atoms with E-state index in [0.717, 1.165) is 0 Å². The van der Waals surface area contributed by atoms with Crippen LogP contribution in [0.1, 0.15) is 33.6 Å². The summed E-state index contributed by atoms with van der Waals surface area (Å²) >= 11 is 0. The first-order chi connectivity index (χ1) is 11.1. The van der Waals surface area contributed by atoms with Crippen molar-refractivity contribution in [2.45, 2.75) is 82.1 Å². The summed E-state index contributed by atoms with van der Waals surface area (Å²) in [5.41, 5.74) is -1.33. The van der Waals surface area contributed by atoms with Crippen LogP contribution in [0.25, 0.3) is 0 Å². The highest BCUT2D eigenvalue weighted by Crippen LogP contribution is 2.39. The van der Waals surface area contributed by atoms with Gasteiger partial charge < -0.3 is 40.1 Å². The lowest BCUT2D eigenvalue weighted by molar-refractivity contribution is -0.337. The van der Waals surface area contributed by atoms with E-state index in [2.05, 4.69) is 0 Å². The third kappa shape index (κ3) is 3.76. The van der Waals surface area contributed by atoms with E-state index in [1.807, 2.05) is 13.8 Å². The van der Waals surface area contributed by atoms with Gasteiger partial charge in [0.05, 0.1) is 18.3 Å². The van der Waals surface area contributed by atoms with Gasteiger partial charge in [-0.3, -0.25) is 0 Å². The molecule has 2 rings (SSSR count). The monoisotopic (exact) mass is 350 g/mol. The van der Waals surface area contributed by atoms with Crippen molar-refractivity contribution in [3.8, 4) is 0 Å². The van der Waals surface area contributed by atoms with Gasteiger partial charge in [-0.1, -0.05) is 13.8 Å². The Balaban J connectivity index is 2.16. The lowest BCUT2D eigenvalue weighted by Gasteiger charge is -2.48. The van der Waals surface area contributed by atoms with Crippen molar-refractivity contribution in [2.75, 3.05) is 6.61 Å². The molecule has 0 amide bonds. The van der Waals surface area contributed by atoms with Gasteiger partial charge in [-0.15, -0.1) is 0 Å². The van der Waals surface area contributed by atoms with Crippen molar-refractivity contribution < 1.29 is 40.1 Å². The highest BCUT2D eigenvalue weighted by atomic mass is 16.7. The number of hydrogen-bond donors (Lipinski definition) is 6. The first-order valence-corrected chi connectivity index (χ1v) is 8.46. The van der Waals surface area contributed by atoms with Crippen LogP contribution in [0.3, 0.4) is 0 Å². The van der Waals surface area contributed by atoms with Gasteiger partial charge in [-0.25, -0.2) is 0 Å². The largest absolute Gasteiger partial charge is 0.394 e. The Morgan fingerprint density at radius 2 is 1.71 bits per heavy atom. The second-order valence-electron chi connectivity index (χ2n) is 7.55. The molecule has 1 heterocycles. The molecule has 2 aliphatic rings. The summed E-state index contributed by atoms with van der Waals surface area (Å²) in [6, 6.07) is 0. The van der Waals surface area contributed by atoms with Crippen LogP contribution in [0.5, 0.6) is 0 Å². The molecule has 8 nitrogen and oxygen atoms in total. The van der Waals surface area contributed by atoms with Gasteiger partial charge in [0.15, 0.2) is 6.29 Å². The average Bonchev–Trinajstić information content (AvgIpc) is 2.50. The molecule has 1 aliphatic heterocycles.